The molecule has 2 aromatic rings. The van der Waals surface area contributed by atoms with Crippen molar-refractivity contribution in [1.29, 1.82) is 0 Å². The molecule has 1 aromatic heterocycles. The lowest BCUT2D eigenvalue weighted by molar-refractivity contribution is -0.143. The number of imidazole rings is 1. The van der Waals surface area contributed by atoms with E-state index in [1.54, 1.807) is 30.3 Å². The zero-order chi connectivity index (χ0) is 27.4. The molecular formula is C23H30N6O8. The Labute approximate surface area is 211 Å². The third-order valence-electron chi connectivity index (χ3n) is 5.32. The second-order valence-electron chi connectivity index (χ2n) is 8.21. The molecule has 0 saturated heterocycles. The van der Waals surface area contributed by atoms with Gasteiger partial charge in [-0.05, 0) is 12.0 Å². The van der Waals surface area contributed by atoms with Gasteiger partial charge in [0.1, 0.15) is 18.1 Å². The normalized spacial score (nSPS) is 14.0. The fraction of sp³-hybridized carbons (Fsp3) is 0.391. The molecule has 0 spiro atoms. The van der Waals surface area contributed by atoms with Gasteiger partial charge in [-0.1, -0.05) is 30.3 Å². The predicted molar refractivity (Wildman–Crippen MR) is 128 cm³/mol. The molecule has 1 heterocycles. The number of amides is 3. The summed E-state index contributed by atoms with van der Waals surface area (Å²) in [4.78, 5) is 67.2. The first-order valence-corrected chi connectivity index (χ1v) is 11.3. The van der Waals surface area contributed by atoms with Crippen LogP contribution in [0.2, 0.25) is 0 Å². The van der Waals surface area contributed by atoms with Crippen molar-refractivity contribution >= 4 is 29.7 Å². The third-order valence-corrected chi connectivity index (χ3v) is 5.32. The van der Waals surface area contributed by atoms with Crippen LogP contribution < -0.4 is 21.7 Å². The molecule has 0 aliphatic carbocycles. The van der Waals surface area contributed by atoms with Crippen LogP contribution in [0.1, 0.15) is 24.1 Å². The number of aromatic amines is 1. The first-order chi connectivity index (χ1) is 17.6. The van der Waals surface area contributed by atoms with Gasteiger partial charge in [-0.25, -0.2) is 9.78 Å². The molecule has 0 aliphatic heterocycles. The first kappa shape index (κ1) is 28.9. The van der Waals surface area contributed by atoms with Crippen LogP contribution in [-0.2, 0) is 36.8 Å². The van der Waals surface area contributed by atoms with Crippen molar-refractivity contribution < 1.29 is 39.3 Å². The standard InChI is InChI=1S/C23H30N6O8/c24-15(9-14-10-25-12-26-14)20(33)29-18(11-30)22(35)28-17(8-13-4-2-1-3-5-13)21(34)27-16(23(36)37)6-7-19(31)32/h1-5,10,12,15-18,30H,6-9,11,24H2,(H,25,26)(H,27,34)(H,28,35)(H,29,33)(H,31,32)(H,36,37). The van der Waals surface area contributed by atoms with E-state index in [9.17, 15) is 34.2 Å². The Kier molecular flexibility index (Phi) is 11.2. The molecular weight excluding hydrogens is 488 g/mol. The smallest absolute Gasteiger partial charge is 0.326 e. The molecule has 200 valence electrons. The van der Waals surface area contributed by atoms with Crippen LogP contribution in [0.15, 0.2) is 42.9 Å². The molecule has 4 unspecified atom stereocenters. The summed E-state index contributed by atoms with van der Waals surface area (Å²) in [5.41, 5.74) is 7.08. The highest BCUT2D eigenvalue weighted by atomic mass is 16.4. The lowest BCUT2D eigenvalue weighted by Gasteiger charge is -2.24. The Morgan fingerprint density at radius 3 is 2.08 bits per heavy atom. The van der Waals surface area contributed by atoms with Gasteiger partial charge in [0.05, 0.1) is 19.0 Å². The van der Waals surface area contributed by atoms with Gasteiger partial charge in [0.25, 0.3) is 0 Å². The number of rotatable bonds is 15. The van der Waals surface area contributed by atoms with Crippen LogP contribution in [0.5, 0.6) is 0 Å². The zero-order valence-corrected chi connectivity index (χ0v) is 19.8. The number of aliphatic carboxylic acids is 2. The molecule has 37 heavy (non-hydrogen) atoms. The monoisotopic (exact) mass is 518 g/mol. The molecule has 14 heteroatoms. The van der Waals surface area contributed by atoms with Gasteiger partial charge in [0, 0.05) is 31.2 Å². The highest BCUT2D eigenvalue weighted by Gasteiger charge is 2.30. The second kappa shape index (κ2) is 14.3. The van der Waals surface area contributed by atoms with E-state index in [4.69, 9.17) is 10.8 Å². The van der Waals surface area contributed by atoms with Crippen LogP contribution in [-0.4, -0.2) is 85.7 Å². The minimum Gasteiger partial charge on any atom is -0.481 e. The minimum absolute atomic E-state index is 0.0465. The summed E-state index contributed by atoms with van der Waals surface area (Å²) in [5.74, 6) is -5.19. The number of aliphatic hydroxyl groups is 1. The number of benzene rings is 1. The number of nitrogens with zero attached hydrogens (tertiary/aromatic N) is 1. The Balaban J connectivity index is 2.11. The molecule has 0 aliphatic rings. The number of hydrogen-bond donors (Lipinski definition) is 8. The molecule has 1 aromatic carbocycles. The predicted octanol–water partition coefficient (Wildman–Crippen LogP) is -2.08. The van der Waals surface area contributed by atoms with E-state index in [0.29, 0.717) is 11.3 Å². The molecule has 0 saturated carbocycles. The van der Waals surface area contributed by atoms with Crippen molar-refractivity contribution in [1.82, 2.24) is 25.9 Å². The third kappa shape index (κ3) is 9.70. The number of hydrogen-bond acceptors (Lipinski definition) is 8. The highest BCUT2D eigenvalue weighted by molar-refractivity contribution is 5.94. The number of aliphatic hydroxyl groups excluding tert-OH is 1. The van der Waals surface area contributed by atoms with Crippen LogP contribution in [0.25, 0.3) is 0 Å². The van der Waals surface area contributed by atoms with Gasteiger partial charge in [0.2, 0.25) is 17.7 Å². The summed E-state index contributed by atoms with van der Waals surface area (Å²) < 4.78 is 0. The number of carboxylic acid groups (broad SMARTS) is 2. The summed E-state index contributed by atoms with van der Waals surface area (Å²) in [6.07, 6.45) is 2.08. The summed E-state index contributed by atoms with van der Waals surface area (Å²) in [7, 11) is 0. The average molecular weight is 519 g/mol. The summed E-state index contributed by atoms with van der Waals surface area (Å²) in [5, 5.41) is 34.9. The Morgan fingerprint density at radius 1 is 0.892 bits per heavy atom. The SMILES string of the molecule is NC(Cc1cnc[nH]1)C(=O)NC(CO)C(=O)NC(Cc1ccccc1)C(=O)NC(CCC(=O)O)C(=O)O. The fourth-order valence-corrected chi connectivity index (χ4v) is 3.33. The number of carboxylic acids is 2. The molecule has 4 atom stereocenters. The van der Waals surface area contributed by atoms with E-state index in [0.717, 1.165) is 0 Å². The summed E-state index contributed by atoms with van der Waals surface area (Å²) in [6, 6.07) is 3.21. The zero-order valence-electron chi connectivity index (χ0n) is 19.8. The Hall–Kier alpha value is -4.30. The molecule has 0 bridgehead atoms. The molecule has 0 radical (unpaired) electrons. The van der Waals surface area contributed by atoms with Gasteiger partial charge < -0.3 is 42.0 Å². The van der Waals surface area contributed by atoms with E-state index in [2.05, 4.69) is 25.9 Å². The lowest BCUT2D eigenvalue weighted by atomic mass is 10.0. The molecule has 3 amide bonds. The maximum absolute atomic E-state index is 12.9. The van der Waals surface area contributed by atoms with Gasteiger partial charge in [-0.3, -0.25) is 19.2 Å². The van der Waals surface area contributed by atoms with Crippen molar-refractivity contribution in [3.8, 4) is 0 Å². The number of carbonyl (C=O) groups excluding carboxylic acids is 3. The van der Waals surface area contributed by atoms with Gasteiger partial charge in [0.15, 0.2) is 0 Å². The largest absolute Gasteiger partial charge is 0.481 e. The summed E-state index contributed by atoms with van der Waals surface area (Å²) >= 11 is 0. The van der Waals surface area contributed by atoms with E-state index in [1.165, 1.54) is 12.5 Å². The van der Waals surface area contributed by atoms with Gasteiger partial charge in [-0.15, -0.1) is 0 Å². The molecule has 0 fully saturated rings. The van der Waals surface area contributed by atoms with E-state index >= 15 is 0 Å². The Morgan fingerprint density at radius 2 is 1.51 bits per heavy atom. The molecule has 2 rings (SSSR count). The quantitative estimate of drug-likeness (QED) is 0.128. The number of aromatic nitrogens is 2. The minimum atomic E-state index is -1.51. The number of carbonyl (C=O) groups is 5. The molecule has 14 nitrogen and oxygen atoms in total. The lowest BCUT2D eigenvalue weighted by Crippen LogP contribution is -2.58. The van der Waals surface area contributed by atoms with Crippen molar-refractivity contribution in [2.75, 3.05) is 6.61 Å². The van der Waals surface area contributed by atoms with Crippen LogP contribution in [0.3, 0.4) is 0 Å². The maximum Gasteiger partial charge on any atom is 0.326 e. The highest BCUT2D eigenvalue weighted by Crippen LogP contribution is 2.06. The van der Waals surface area contributed by atoms with E-state index in [-0.39, 0.29) is 19.3 Å². The maximum atomic E-state index is 12.9. The van der Waals surface area contributed by atoms with Crippen molar-refractivity contribution in [3.05, 3.63) is 54.1 Å². The van der Waals surface area contributed by atoms with Crippen molar-refractivity contribution in [2.24, 2.45) is 5.73 Å². The topological polar surface area (TPSA) is 237 Å². The van der Waals surface area contributed by atoms with Crippen LogP contribution in [0, 0.1) is 0 Å². The first-order valence-electron chi connectivity index (χ1n) is 11.3. The summed E-state index contributed by atoms with van der Waals surface area (Å²) in [6.45, 7) is -0.801. The second-order valence-corrected chi connectivity index (χ2v) is 8.21. The molecule has 9 N–H and O–H groups in total. The Bertz CT molecular complexity index is 1060. The number of nitrogens with one attached hydrogen (secondary N) is 4. The van der Waals surface area contributed by atoms with Crippen molar-refractivity contribution in [3.63, 3.8) is 0 Å². The van der Waals surface area contributed by atoms with Gasteiger partial charge >= 0.3 is 11.9 Å². The van der Waals surface area contributed by atoms with Gasteiger partial charge in [-0.2, -0.15) is 0 Å². The average Bonchev–Trinajstić information content (AvgIpc) is 3.37. The van der Waals surface area contributed by atoms with E-state index < -0.39 is 66.9 Å². The fourth-order valence-electron chi connectivity index (χ4n) is 3.33. The number of H-pyrrole nitrogens is 1. The van der Waals surface area contributed by atoms with Crippen LogP contribution in [0.4, 0.5) is 0 Å². The van der Waals surface area contributed by atoms with Crippen LogP contribution >= 0.6 is 0 Å². The number of nitrogens with two attached hydrogens (primary N) is 1. The van der Waals surface area contributed by atoms with Crippen molar-refractivity contribution in [2.45, 2.75) is 49.9 Å². The van der Waals surface area contributed by atoms with E-state index in [1.807, 2.05) is 0 Å².